The second-order valence-electron chi connectivity index (χ2n) is 6.30. The summed E-state index contributed by atoms with van der Waals surface area (Å²) >= 11 is 0. The number of aliphatic hydroxyl groups excluding tert-OH is 1. The van der Waals surface area contributed by atoms with Crippen molar-refractivity contribution in [2.24, 2.45) is 0 Å². The van der Waals surface area contributed by atoms with Gasteiger partial charge in [-0.2, -0.15) is 0 Å². The topological polar surface area (TPSA) is 83.9 Å². The van der Waals surface area contributed by atoms with Gasteiger partial charge in [-0.15, -0.1) is 0 Å². The molecule has 0 spiro atoms. The molecule has 6 nitrogen and oxygen atoms in total. The number of aliphatic hydroxyl groups is 1. The number of hydrogen-bond acceptors (Lipinski definition) is 5. The van der Waals surface area contributed by atoms with Crippen molar-refractivity contribution < 1.29 is 40.6 Å². The van der Waals surface area contributed by atoms with Gasteiger partial charge < -0.3 is 9.84 Å². The van der Waals surface area contributed by atoms with Gasteiger partial charge in [0.25, 0.3) is 0 Å². The monoisotopic (exact) mass is 397 g/mol. The number of nitrogens with zero attached hydrogens (tertiary/aromatic N) is 1. The lowest BCUT2D eigenvalue weighted by Gasteiger charge is -2.31. The van der Waals surface area contributed by atoms with Gasteiger partial charge in [-0.1, -0.05) is 0 Å². The van der Waals surface area contributed by atoms with Gasteiger partial charge in [0.1, 0.15) is 17.6 Å². The number of carbonyl (C=O) groups is 1. The molecule has 0 aliphatic carbocycles. The Morgan fingerprint density at radius 3 is 2.38 bits per heavy atom. The molecule has 0 saturated carbocycles. The molecule has 2 aliphatic rings. The van der Waals surface area contributed by atoms with Crippen LogP contribution in [0.1, 0.15) is 18.4 Å². The van der Waals surface area contributed by atoms with Crippen LogP contribution in [-0.4, -0.2) is 50.4 Å². The fourth-order valence-electron chi connectivity index (χ4n) is 3.11. The minimum Gasteiger partial charge on any atom is -0.441 e. The Balaban J connectivity index is 2.01. The predicted molar refractivity (Wildman–Crippen MR) is 81.7 cm³/mol. The highest BCUT2D eigenvalue weighted by Gasteiger charge is 2.45. The number of rotatable bonds is 3. The lowest BCUT2D eigenvalue weighted by Crippen LogP contribution is -2.36. The molecule has 2 fully saturated rings. The molecule has 0 aromatic heterocycles. The van der Waals surface area contributed by atoms with Crippen molar-refractivity contribution in [3.8, 4) is 0 Å². The smallest absolute Gasteiger partial charge is 0.414 e. The predicted octanol–water partition coefficient (Wildman–Crippen LogP) is 1.79. The molecule has 2 heterocycles. The van der Waals surface area contributed by atoms with Crippen molar-refractivity contribution in [2.45, 2.75) is 24.6 Å². The number of halogens is 4. The van der Waals surface area contributed by atoms with Gasteiger partial charge in [0, 0.05) is 6.07 Å². The first-order valence-corrected chi connectivity index (χ1v) is 9.56. The first-order valence-electron chi connectivity index (χ1n) is 7.74. The zero-order valence-electron chi connectivity index (χ0n) is 13.3. The Morgan fingerprint density at radius 1 is 1.23 bits per heavy atom. The summed E-state index contributed by atoms with van der Waals surface area (Å²) in [5.41, 5.74) is -4.63. The average molecular weight is 397 g/mol. The van der Waals surface area contributed by atoms with Gasteiger partial charge in [0.15, 0.2) is 21.5 Å². The van der Waals surface area contributed by atoms with E-state index in [2.05, 4.69) is 4.74 Å². The quantitative estimate of drug-likeness (QED) is 0.621. The summed E-state index contributed by atoms with van der Waals surface area (Å²) < 4.78 is 85.9. The van der Waals surface area contributed by atoms with E-state index in [4.69, 9.17) is 5.11 Å². The molecule has 0 radical (unpaired) electrons. The number of alkyl halides is 1. The molecule has 2 saturated heterocycles. The first kappa shape index (κ1) is 18.9. The molecule has 144 valence electrons. The van der Waals surface area contributed by atoms with Crippen molar-refractivity contribution in [1.82, 2.24) is 0 Å². The Kier molecular flexibility index (Phi) is 4.63. The molecule has 11 heteroatoms. The summed E-state index contributed by atoms with van der Waals surface area (Å²) in [6.07, 6.45) is -3.47. The zero-order chi connectivity index (χ0) is 19.3. The SMILES string of the molecule is O=C1O[C@@H](CO)CN1c1cc(F)c(C2(F)CCS(=O)(=O)CC2)c(F)c1F. The number of sulfone groups is 1. The number of amides is 1. The molecule has 1 N–H and O–H groups in total. The van der Waals surface area contributed by atoms with Crippen molar-refractivity contribution in [2.75, 3.05) is 29.6 Å². The number of carbonyl (C=O) groups excluding carboxylic acids is 1. The van der Waals surface area contributed by atoms with E-state index in [0.29, 0.717) is 11.0 Å². The normalized spacial score (nSPS) is 24.6. The number of anilines is 1. The lowest BCUT2D eigenvalue weighted by atomic mass is 9.88. The lowest BCUT2D eigenvalue weighted by molar-refractivity contribution is 0.0963. The van der Waals surface area contributed by atoms with Crippen molar-refractivity contribution in [1.29, 1.82) is 0 Å². The van der Waals surface area contributed by atoms with Crippen LogP contribution in [0.5, 0.6) is 0 Å². The highest BCUT2D eigenvalue weighted by Crippen LogP contribution is 2.43. The minimum absolute atomic E-state index is 0.330. The third-order valence-corrected chi connectivity index (χ3v) is 6.23. The standard InChI is InChI=1S/C15H15F4NO5S/c16-9-5-10(20-6-8(7-21)25-14(20)22)12(17)13(18)11(9)15(19)1-3-26(23,24)4-2-15/h5,8,21H,1-4,6-7H2/t8-/m1/s1. The van der Waals surface area contributed by atoms with Crippen molar-refractivity contribution in [3.05, 3.63) is 29.1 Å². The van der Waals surface area contributed by atoms with Gasteiger partial charge >= 0.3 is 6.09 Å². The van der Waals surface area contributed by atoms with Crippen molar-refractivity contribution >= 4 is 21.6 Å². The molecule has 1 aromatic carbocycles. The van der Waals surface area contributed by atoms with E-state index in [1.165, 1.54) is 0 Å². The van der Waals surface area contributed by atoms with Gasteiger partial charge in [0.2, 0.25) is 0 Å². The van der Waals surface area contributed by atoms with E-state index in [0.717, 1.165) is 0 Å². The Bertz CT molecular complexity index is 846. The molecule has 1 aromatic rings. The van der Waals surface area contributed by atoms with E-state index >= 15 is 4.39 Å². The number of benzene rings is 1. The molecule has 3 rings (SSSR count). The number of hydrogen-bond donors (Lipinski definition) is 1. The van der Waals surface area contributed by atoms with Crippen LogP contribution >= 0.6 is 0 Å². The van der Waals surface area contributed by atoms with E-state index in [1.807, 2.05) is 0 Å². The van der Waals surface area contributed by atoms with Crippen LogP contribution in [0.25, 0.3) is 0 Å². The van der Waals surface area contributed by atoms with Crippen LogP contribution in [0.2, 0.25) is 0 Å². The zero-order valence-corrected chi connectivity index (χ0v) is 14.2. The van der Waals surface area contributed by atoms with Gasteiger partial charge in [-0.25, -0.2) is 30.8 Å². The maximum absolute atomic E-state index is 15.0. The molecule has 0 unspecified atom stereocenters. The minimum atomic E-state index is -3.51. The molecule has 1 atom stereocenters. The van der Waals surface area contributed by atoms with Crippen LogP contribution in [0.15, 0.2) is 6.07 Å². The molecule has 1 amide bonds. The van der Waals surface area contributed by atoms with E-state index in [-0.39, 0.29) is 6.54 Å². The van der Waals surface area contributed by atoms with E-state index < -0.39 is 87.4 Å². The van der Waals surface area contributed by atoms with Crippen LogP contribution in [0.4, 0.5) is 28.0 Å². The second kappa shape index (κ2) is 6.38. The molecule has 0 bridgehead atoms. The summed E-state index contributed by atoms with van der Waals surface area (Å²) in [6, 6.07) is 0.471. The van der Waals surface area contributed by atoms with E-state index in [9.17, 15) is 26.4 Å². The van der Waals surface area contributed by atoms with Crippen LogP contribution in [0, 0.1) is 17.5 Å². The molecule has 26 heavy (non-hydrogen) atoms. The summed E-state index contributed by atoms with van der Waals surface area (Å²) in [7, 11) is -3.51. The molecular weight excluding hydrogens is 382 g/mol. The van der Waals surface area contributed by atoms with Crippen LogP contribution in [0.3, 0.4) is 0 Å². The van der Waals surface area contributed by atoms with E-state index in [1.54, 1.807) is 0 Å². The molecule has 2 aliphatic heterocycles. The second-order valence-corrected chi connectivity index (χ2v) is 8.60. The summed E-state index contributed by atoms with van der Waals surface area (Å²) in [6.45, 7) is -0.890. The molecular formula is C15H15F4NO5S. The number of cyclic esters (lactones) is 1. The fraction of sp³-hybridized carbons (Fsp3) is 0.533. The third-order valence-electron chi connectivity index (χ3n) is 4.57. The summed E-state index contributed by atoms with van der Waals surface area (Å²) in [5.74, 6) is -6.12. The van der Waals surface area contributed by atoms with Crippen LogP contribution < -0.4 is 4.90 Å². The highest BCUT2D eigenvalue weighted by molar-refractivity contribution is 7.91. The summed E-state index contributed by atoms with van der Waals surface area (Å²) in [4.78, 5) is 12.3. The van der Waals surface area contributed by atoms with Crippen molar-refractivity contribution in [3.63, 3.8) is 0 Å². The van der Waals surface area contributed by atoms with Crippen LogP contribution in [-0.2, 0) is 20.2 Å². The Morgan fingerprint density at radius 2 is 1.85 bits per heavy atom. The maximum Gasteiger partial charge on any atom is 0.414 e. The maximum atomic E-state index is 15.0. The third kappa shape index (κ3) is 3.13. The average Bonchev–Trinajstić information content (AvgIpc) is 2.95. The number of ether oxygens (including phenoxy) is 1. The summed E-state index contributed by atoms with van der Waals surface area (Å²) in [5, 5.41) is 8.97. The fourth-order valence-corrected chi connectivity index (χ4v) is 4.59. The van der Waals surface area contributed by atoms with Gasteiger partial charge in [-0.05, 0) is 12.8 Å². The highest BCUT2D eigenvalue weighted by atomic mass is 32.2. The Labute approximate surface area is 146 Å². The largest absolute Gasteiger partial charge is 0.441 e. The van der Waals surface area contributed by atoms with Gasteiger partial charge in [0.05, 0.1) is 35.9 Å². The Hall–Kier alpha value is -1.88. The first-order chi connectivity index (χ1) is 12.1. The van der Waals surface area contributed by atoms with Gasteiger partial charge in [-0.3, -0.25) is 4.90 Å².